The first kappa shape index (κ1) is 11.0. The van der Waals surface area contributed by atoms with Gasteiger partial charge >= 0.3 is 0 Å². The van der Waals surface area contributed by atoms with E-state index in [9.17, 15) is 4.79 Å². The number of Topliss-reactive ketones (excluding diaryl/α,β-unsaturated/α-hetero) is 1. The van der Waals surface area contributed by atoms with Crippen LogP contribution in [0.5, 0.6) is 0 Å². The van der Waals surface area contributed by atoms with Gasteiger partial charge in [0.25, 0.3) is 0 Å². The van der Waals surface area contributed by atoms with Gasteiger partial charge in [-0.1, -0.05) is 0 Å². The van der Waals surface area contributed by atoms with Crippen molar-refractivity contribution in [2.75, 3.05) is 0 Å². The van der Waals surface area contributed by atoms with Crippen LogP contribution in [-0.2, 0) is 17.6 Å². The minimum atomic E-state index is 0.275. The van der Waals surface area contributed by atoms with Crippen LogP contribution in [-0.4, -0.2) is 5.78 Å². The average molecular weight is 301 g/mol. The molecule has 78 valence electrons. The standard InChI is InChI=1S/C11H9BrOS2/c12-10-2-4-15-11(10)6-9(13)5-8-1-3-14-7-8/h1-4,7H,5-6H2. The highest BCUT2D eigenvalue weighted by atomic mass is 79.9. The van der Waals surface area contributed by atoms with Crippen molar-refractivity contribution in [3.05, 3.63) is 43.2 Å². The van der Waals surface area contributed by atoms with Gasteiger partial charge in [-0.05, 0) is 49.8 Å². The van der Waals surface area contributed by atoms with E-state index in [0.717, 1.165) is 14.9 Å². The summed E-state index contributed by atoms with van der Waals surface area (Å²) in [6.45, 7) is 0. The fourth-order valence-electron chi connectivity index (χ4n) is 1.31. The summed E-state index contributed by atoms with van der Waals surface area (Å²) in [4.78, 5) is 12.8. The Hall–Kier alpha value is -0.450. The van der Waals surface area contributed by atoms with Gasteiger partial charge in [0.15, 0.2) is 0 Å². The van der Waals surface area contributed by atoms with Crippen LogP contribution in [0.25, 0.3) is 0 Å². The van der Waals surface area contributed by atoms with Gasteiger partial charge < -0.3 is 0 Å². The van der Waals surface area contributed by atoms with E-state index in [1.54, 1.807) is 22.7 Å². The number of thiophene rings is 2. The lowest BCUT2D eigenvalue weighted by Gasteiger charge is -1.97. The molecule has 0 unspecified atom stereocenters. The molecule has 2 aromatic heterocycles. The fraction of sp³-hybridized carbons (Fsp3) is 0.182. The summed E-state index contributed by atoms with van der Waals surface area (Å²) in [6, 6.07) is 3.99. The number of carbonyl (C=O) groups is 1. The van der Waals surface area contributed by atoms with Gasteiger partial charge in [-0.25, -0.2) is 0 Å². The maximum atomic E-state index is 11.7. The first-order chi connectivity index (χ1) is 7.25. The maximum absolute atomic E-state index is 11.7. The second kappa shape index (κ2) is 5.05. The predicted octanol–water partition coefficient (Wildman–Crippen LogP) is 3.93. The SMILES string of the molecule is O=C(Cc1ccsc1)Cc1sccc1Br. The Bertz CT molecular complexity index is 445. The van der Waals surface area contributed by atoms with E-state index in [0.29, 0.717) is 12.8 Å². The highest BCUT2D eigenvalue weighted by Crippen LogP contribution is 2.23. The lowest BCUT2D eigenvalue weighted by Crippen LogP contribution is -2.04. The third kappa shape index (κ3) is 3.00. The van der Waals surface area contributed by atoms with Crippen molar-refractivity contribution < 1.29 is 4.79 Å². The summed E-state index contributed by atoms with van der Waals surface area (Å²) >= 11 is 6.69. The molecular weight excluding hydrogens is 292 g/mol. The van der Waals surface area contributed by atoms with Crippen LogP contribution >= 0.6 is 38.6 Å². The zero-order chi connectivity index (χ0) is 10.7. The van der Waals surface area contributed by atoms with Gasteiger partial charge in [0.05, 0.1) is 0 Å². The van der Waals surface area contributed by atoms with Crippen LogP contribution in [0.2, 0.25) is 0 Å². The molecule has 0 N–H and O–H groups in total. The van der Waals surface area contributed by atoms with Gasteiger partial charge in [-0.3, -0.25) is 4.79 Å². The van der Waals surface area contributed by atoms with E-state index in [1.165, 1.54) is 0 Å². The number of ketones is 1. The van der Waals surface area contributed by atoms with Crippen molar-refractivity contribution in [1.82, 2.24) is 0 Å². The molecule has 0 saturated heterocycles. The number of halogens is 1. The van der Waals surface area contributed by atoms with Crippen LogP contribution in [0.3, 0.4) is 0 Å². The maximum Gasteiger partial charge on any atom is 0.142 e. The van der Waals surface area contributed by atoms with Crippen LogP contribution in [0.15, 0.2) is 32.7 Å². The summed E-state index contributed by atoms with van der Waals surface area (Å²) in [5.74, 6) is 0.275. The number of carbonyl (C=O) groups excluding carboxylic acids is 1. The first-order valence-corrected chi connectivity index (χ1v) is 7.12. The number of hydrogen-bond donors (Lipinski definition) is 0. The largest absolute Gasteiger partial charge is 0.299 e. The monoisotopic (exact) mass is 300 g/mol. The molecule has 2 aromatic rings. The van der Waals surface area contributed by atoms with Crippen molar-refractivity contribution >= 4 is 44.4 Å². The van der Waals surface area contributed by atoms with Crippen LogP contribution in [0.1, 0.15) is 10.4 Å². The summed E-state index contributed by atoms with van der Waals surface area (Å²) in [5.41, 5.74) is 1.12. The number of hydrogen-bond acceptors (Lipinski definition) is 3. The van der Waals surface area contributed by atoms with Crippen molar-refractivity contribution in [2.45, 2.75) is 12.8 Å². The molecule has 0 aliphatic rings. The van der Waals surface area contributed by atoms with E-state index in [-0.39, 0.29) is 5.78 Å². The van der Waals surface area contributed by atoms with Crippen LogP contribution in [0.4, 0.5) is 0 Å². The third-order valence-corrected chi connectivity index (χ3v) is 4.69. The molecule has 0 aromatic carbocycles. The molecule has 1 nitrogen and oxygen atoms in total. The molecule has 2 rings (SSSR count). The molecule has 0 aliphatic heterocycles. The lowest BCUT2D eigenvalue weighted by atomic mass is 10.1. The Kier molecular flexibility index (Phi) is 3.72. The van der Waals surface area contributed by atoms with E-state index in [2.05, 4.69) is 15.9 Å². The quantitative estimate of drug-likeness (QED) is 0.836. The van der Waals surface area contributed by atoms with Gasteiger partial charge in [-0.2, -0.15) is 11.3 Å². The Labute approximate surface area is 105 Å². The molecular formula is C11H9BrOS2. The molecule has 0 spiro atoms. The fourth-order valence-corrected chi connectivity index (χ4v) is 3.50. The Morgan fingerprint density at radius 2 is 2.13 bits per heavy atom. The average Bonchev–Trinajstić information content (AvgIpc) is 2.79. The molecule has 0 atom stereocenters. The van der Waals surface area contributed by atoms with Gasteiger partial charge in [0.1, 0.15) is 5.78 Å². The van der Waals surface area contributed by atoms with Gasteiger partial charge in [-0.15, -0.1) is 11.3 Å². The van der Waals surface area contributed by atoms with Gasteiger partial charge in [0.2, 0.25) is 0 Å². The Balaban J connectivity index is 1.96. The summed E-state index contributed by atoms with van der Waals surface area (Å²) in [7, 11) is 0. The highest BCUT2D eigenvalue weighted by Gasteiger charge is 2.09. The number of rotatable bonds is 4. The molecule has 0 bridgehead atoms. The summed E-state index contributed by atoms with van der Waals surface area (Å²) in [5, 5.41) is 6.03. The predicted molar refractivity (Wildman–Crippen MR) is 68.8 cm³/mol. The third-order valence-electron chi connectivity index (χ3n) is 2.03. The zero-order valence-corrected chi connectivity index (χ0v) is 11.1. The molecule has 0 saturated carbocycles. The summed E-state index contributed by atoms with van der Waals surface area (Å²) in [6.07, 6.45) is 1.09. The molecule has 15 heavy (non-hydrogen) atoms. The molecule has 2 heterocycles. The van der Waals surface area contributed by atoms with Crippen molar-refractivity contribution in [1.29, 1.82) is 0 Å². The minimum Gasteiger partial charge on any atom is -0.299 e. The second-order valence-electron chi connectivity index (χ2n) is 3.22. The normalized spacial score (nSPS) is 10.5. The molecule has 0 amide bonds. The smallest absolute Gasteiger partial charge is 0.142 e. The highest BCUT2D eigenvalue weighted by molar-refractivity contribution is 9.10. The van der Waals surface area contributed by atoms with Crippen molar-refractivity contribution in [3.8, 4) is 0 Å². The zero-order valence-electron chi connectivity index (χ0n) is 7.90. The van der Waals surface area contributed by atoms with Crippen molar-refractivity contribution in [3.63, 3.8) is 0 Å². The molecule has 0 radical (unpaired) electrons. The second-order valence-corrected chi connectivity index (χ2v) is 5.85. The van der Waals surface area contributed by atoms with E-state index < -0.39 is 0 Å². The van der Waals surface area contributed by atoms with Gasteiger partial charge in [0, 0.05) is 22.2 Å². The first-order valence-electron chi connectivity index (χ1n) is 4.50. The van der Waals surface area contributed by atoms with E-state index >= 15 is 0 Å². The van der Waals surface area contributed by atoms with Crippen LogP contribution in [0, 0.1) is 0 Å². The van der Waals surface area contributed by atoms with Crippen molar-refractivity contribution in [2.24, 2.45) is 0 Å². The Morgan fingerprint density at radius 3 is 2.73 bits per heavy atom. The topological polar surface area (TPSA) is 17.1 Å². The summed E-state index contributed by atoms with van der Waals surface area (Å²) < 4.78 is 1.05. The Morgan fingerprint density at radius 1 is 1.27 bits per heavy atom. The minimum absolute atomic E-state index is 0.275. The molecule has 0 fully saturated rings. The van der Waals surface area contributed by atoms with E-state index in [4.69, 9.17) is 0 Å². The molecule has 4 heteroatoms. The van der Waals surface area contributed by atoms with E-state index in [1.807, 2.05) is 28.3 Å². The molecule has 0 aliphatic carbocycles. The van der Waals surface area contributed by atoms with Crippen LogP contribution < -0.4 is 0 Å². The lowest BCUT2D eigenvalue weighted by molar-refractivity contribution is -0.117.